The van der Waals surface area contributed by atoms with Crippen LogP contribution < -0.4 is 11.1 Å². The normalized spacial score (nSPS) is 18.9. The Kier molecular flexibility index (Phi) is 3.62. The van der Waals surface area contributed by atoms with Crippen molar-refractivity contribution in [3.8, 4) is 11.8 Å². The first-order valence-electron chi connectivity index (χ1n) is 6.90. The maximum Gasteiger partial charge on any atom is 0.228 e. The molecule has 2 rings (SSSR count). The molecular weight excluding hydrogens is 248 g/mol. The molecule has 1 aliphatic carbocycles. The van der Waals surface area contributed by atoms with Gasteiger partial charge in [0.15, 0.2) is 0 Å². The van der Waals surface area contributed by atoms with E-state index in [0.29, 0.717) is 6.54 Å². The van der Waals surface area contributed by atoms with Crippen molar-refractivity contribution in [2.24, 2.45) is 22.5 Å². The molecule has 3 heteroatoms. The van der Waals surface area contributed by atoms with Crippen molar-refractivity contribution in [2.45, 2.75) is 27.7 Å². The van der Waals surface area contributed by atoms with Crippen LogP contribution in [0.4, 0.5) is 5.69 Å². The zero-order valence-electron chi connectivity index (χ0n) is 12.6. The average molecular weight is 270 g/mol. The number of carbonyl (C=O) groups excluding carboxylic acids is 1. The third-order valence-electron chi connectivity index (χ3n) is 4.75. The number of hydrogen-bond acceptors (Lipinski definition) is 2. The number of amides is 1. The van der Waals surface area contributed by atoms with Crippen molar-refractivity contribution in [1.82, 2.24) is 0 Å². The van der Waals surface area contributed by atoms with Crippen molar-refractivity contribution in [1.29, 1.82) is 0 Å². The third-order valence-corrected chi connectivity index (χ3v) is 4.75. The van der Waals surface area contributed by atoms with Gasteiger partial charge in [0.25, 0.3) is 0 Å². The van der Waals surface area contributed by atoms with Crippen molar-refractivity contribution < 1.29 is 4.79 Å². The Balaban J connectivity index is 2.10. The van der Waals surface area contributed by atoms with Crippen LogP contribution in [-0.2, 0) is 4.79 Å². The molecule has 1 aliphatic rings. The highest BCUT2D eigenvalue weighted by Crippen LogP contribution is 2.68. The number of anilines is 1. The summed E-state index contributed by atoms with van der Waals surface area (Å²) in [5, 5.41) is 2.99. The first kappa shape index (κ1) is 14.6. The molecule has 1 saturated carbocycles. The lowest BCUT2D eigenvalue weighted by molar-refractivity contribution is -0.118. The lowest BCUT2D eigenvalue weighted by Crippen LogP contribution is -2.17. The number of hydrogen-bond donors (Lipinski definition) is 2. The first-order chi connectivity index (χ1) is 9.30. The van der Waals surface area contributed by atoms with Crippen LogP contribution in [0.25, 0.3) is 0 Å². The van der Waals surface area contributed by atoms with Gasteiger partial charge in [0.2, 0.25) is 5.91 Å². The molecule has 0 heterocycles. The molecule has 1 fully saturated rings. The van der Waals surface area contributed by atoms with Gasteiger partial charge in [-0.05, 0) is 29.0 Å². The summed E-state index contributed by atoms with van der Waals surface area (Å²) in [6.07, 6.45) is 0. The summed E-state index contributed by atoms with van der Waals surface area (Å²) < 4.78 is 0. The summed E-state index contributed by atoms with van der Waals surface area (Å²) in [5.74, 6) is 5.92. The summed E-state index contributed by atoms with van der Waals surface area (Å²) in [6.45, 7) is 8.89. The Morgan fingerprint density at radius 1 is 1.30 bits per heavy atom. The van der Waals surface area contributed by atoms with Gasteiger partial charge < -0.3 is 11.1 Å². The highest BCUT2D eigenvalue weighted by molar-refractivity contribution is 5.96. The topological polar surface area (TPSA) is 55.1 Å². The summed E-state index contributed by atoms with van der Waals surface area (Å²) >= 11 is 0. The Hall–Kier alpha value is -1.79. The molecule has 3 nitrogen and oxygen atoms in total. The lowest BCUT2D eigenvalue weighted by Gasteiger charge is -2.06. The molecule has 0 saturated heterocycles. The Bertz CT molecular complexity index is 576. The molecule has 0 spiro atoms. The Labute approximate surface area is 120 Å². The van der Waals surface area contributed by atoms with Crippen molar-refractivity contribution in [3.63, 3.8) is 0 Å². The highest BCUT2D eigenvalue weighted by atomic mass is 16.2. The van der Waals surface area contributed by atoms with Crippen LogP contribution in [0.2, 0.25) is 0 Å². The van der Waals surface area contributed by atoms with Crippen LogP contribution in [0.15, 0.2) is 24.3 Å². The third kappa shape index (κ3) is 2.44. The molecule has 106 valence electrons. The quantitative estimate of drug-likeness (QED) is 0.812. The Morgan fingerprint density at radius 3 is 2.50 bits per heavy atom. The van der Waals surface area contributed by atoms with E-state index in [1.165, 1.54) is 0 Å². The molecule has 20 heavy (non-hydrogen) atoms. The van der Waals surface area contributed by atoms with Crippen LogP contribution in [0.1, 0.15) is 33.3 Å². The second-order valence-electron chi connectivity index (χ2n) is 6.45. The van der Waals surface area contributed by atoms with Gasteiger partial charge in [0, 0.05) is 17.2 Å². The zero-order valence-corrected chi connectivity index (χ0v) is 12.6. The monoisotopic (exact) mass is 270 g/mol. The highest BCUT2D eigenvalue weighted by Gasteiger charge is 2.68. The van der Waals surface area contributed by atoms with Gasteiger partial charge in [-0.1, -0.05) is 45.6 Å². The second kappa shape index (κ2) is 4.96. The summed E-state index contributed by atoms with van der Waals surface area (Å²) in [5.41, 5.74) is 7.11. The van der Waals surface area contributed by atoms with E-state index < -0.39 is 0 Å². The molecule has 1 aromatic rings. The maximum absolute atomic E-state index is 12.4. The molecule has 0 bridgehead atoms. The van der Waals surface area contributed by atoms with Crippen LogP contribution >= 0.6 is 0 Å². The van der Waals surface area contributed by atoms with E-state index in [4.69, 9.17) is 5.73 Å². The van der Waals surface area contributed by atoms with Crippen LogP contribution in [-0.4, -0.2) is 12.5 Å². The van der Waals surface area contributed by atoms with Crippen LogP contribution in [0.3, 0.4) is 0 Å². The van der Waals surface area contributed by atoms with E-state index in [0.717, 1.165) is 11.3 Å². The number of benzene rings is 1. The van der Waals surface area contributed by atoms with Gasteiger partial charge in [0.1, 0.15) is 0 Å². The van der Waals surface area contributed by atoms with Crippen molar-refractivity contribution >= 4 is 11.6 Å². The molecule has 3 N–H and O–H groups in total. The van der Waals surface area contributed by atoms with Crippen LogP contribution in [0, 0.1) is 28.6 Å². The SMILES string of the molecule is CC1(C)C(C(=O)Nc2cccc(C#CCN)c2)C1(C)C. The number of nitrogens with two attached hydrogens (primary N) is 1. The largest absolute Gasteiger partial charge is 0.326 e. The Morgan fingerprint density at radius 2 is 1.95 bits per heavy atom. The second-order valence-corrected chi connectivity index (χ2v) is 6.45. The number of rotatable bonds is 2. The summed E-state index contributed by atoms with van der Waals surface area (Å²) in [4.78, 5) is 12.4. The van der Waals surface area contributed by atoms with Crippen molar-refractivity contribution in [2.75, 3.05) is 11.9 Å². The molecule has 0 aliphatic heterocycles. The van der Waals surface area contributed by atoms with E-state index in [1.807, 2.05) is 24.3 Å². The minimum Gasteiger partial charge on any atom is -0.326 e. The van der Waals surface area contributed by atoms with Crippen LogP contribution in [0.5, 0.6) is 0 Å². The van der Waals surface area contributed by atoms with Gasteiger partial charge in [-0.25, -0.2) is 0 Å². The lowest BCUT2D eigenvalue weighted by atomic mass is 10.0. The fourth-order valence-electron chi connectivity index (χ4n) is 2.89. The fraction of sp³-hybridized carbons (Fsp3) is 0.471. The van der Waals surface area contributed by atoms with Gasteiger partial charge in [-0.2, -0.15) is 0 Å². The molecule has 1 aromatic carbocycles. The maximum atomic E-state index is 12.4. The van der Waals surface area contributed by atoms with Crippen molar-refractivity contribution in [3.05, 3.63) is 29.8 Å². The van der Waals surface area contributed by atoms with E-state index >= 15 is 0 Å². The predicted octanol–water partition coefficient (Wildman–Crippen LogP) is 2.62. The zero-order chi connectivity index (χ0) is 15.0. The molecule has 0 radical (unpaired) electrons. The van der Waals surface area contributed by atoms with E-state index in [1.54, 1.807) is 0 Å². The standard InChI is InChI=1S/C17H22N2O/c1-16(2)14(17(16,3)4)15(20)19-13-9-5-7-12(11-13)8-6-10-18/h5,7,9,11,14H,10,18H2,1-4H3,(H,19,20). The van der Waals surface area contributed by atoms with E-state index in [-0.39, 0.29) is 22.7 Å². The molecule has 1 amide bonds. The molecule has 0 atom stereocenters. The fourth-order valence-corrected chi connectivity index (χ4v) is 2.89. The number of nitrogens with one attached hydrogen (secondary N) is 1. The summed E-state index contributed by atoms with van der Waals surface area (Å²) in [7, 11) is 0. The first-order valence-corrected chi connectivity index (χ1v) is 6.90. The molecule has 0 aromatic heterocycles. The smallest absolute Gasteiger partial charge is 0.228 e. The van der Waals surface area contributed by atoms with E-state index in [2.05, 4.69) is 44.9 Å². The predicted molar refractivity (Wildman–Crippen MR) is 82.1 cm³/mol. The number of carbonyl (C=O) groups is 1. The van der Waals surface area contributed by atoms with Gasteiger partial charge >= 0.3 is 0 Å². The van der Waals surface area contributed by atoms with Gasteiger partial charge in [-0.3, -0.25) is 4.79 Å². The molecular formula is C17H22N2O. The minimum absolute atomic E-state index is 0.0497. The molecule has 0 unspecified atom stereocenters. The van der Waals surface area contributed by atoms with Gasteiger partial charge in [-0.15, -0.1) is 0 Å². The van der Waals surface area contributed by atoms with E-state index in [9.17, 15) is 4.79 Å². The summed E-state index contributed by atoms with van der Waals surface area (Å²) in [6, 6.07) is 7.56. The minimum atomic E-state index is 0.0497. The average Bonchev–Trinajstić information content (AvgIpc) is 2.77. The van der Waals surface area contributed by atoms with Gasteiger partial charge in [0.05, 0.1) is 6.54 Å².